The van der Waals surface area contributed by atoms with Crippen molar-refractivity contribution in [2.75, 3.05) is 6.61 Å². The number of phenols is 4. The summed E-state index contributed by atoms with van der Waals surface area (Å²) in [5.74, 6) is -3.84. The highest BCUT2D eigenvalue weighted by Crippen LogP contribution is 2.39. The second kappa shape index (κ2) is 9.54. The summed E-state index contributed by atoms with van der Waals surface area (Å²) in [5, 5.41) is 70.1. The van der Waals surface area contributed by atoms with Gasteiger partial charge < -0.3 is 54.4 Å². The van der Waals surface area contributed by atoms with E-state index in [9.17, 15) is 45.3 Å². The number of carbonyl (C=O) groups is 1. The summed E-state index contributed by atoms with van der Waals surface area (Å²) >= 11 is 0. The van der Waals surface area contributed by atoms with Crippen molar-refractivity contribution < 1.29 is 59.2 Å². The fraction of sp³-hybridized carbons (Fsp3) is 0.304. The molecule has 0 aliphatic carbocycles. The third-order valence-electron chi connectivity index (χ3n) is 5.51. The van der Waals surface area contributed by atoms with Gasteiger partial charge in [0.2, 0.25) is 17.5 Å². The van der Waals surface area contributed by atoms with Gasteiger partial charge >= 0.3 is 5.97 Å². The maximum Gasteiger partial charge on any atom is 0.302 e. The second-order valence-corrected chi connectivity index (χ2v) is 8.07. The zero-order chi connectivity index (χ0) is 26.3. The van der Waals surface area contributed by atoms with Gasteiger partial charge in [-0.05, 0) is 18.2 Å². The molecular weight excluding hydrogens is 484 g/mol. The van der Waals surface area contributed by atoms with E-state index >= 15 is 0 Å². The molecule has 13 heteroatoms. The minimum atomic E-state index is -1.89. The Bertz CT molecular complexity index is 1360. The van der Waals surface area contributed by atoms with E-state index in [0.717, 1.165) is 31.2 Å². The third-order valence-corrected chi connectivity index (χ3v) is 5.51. The van der Waals surface area contributed by atoms with E-state index in [2.05, 4.69) is 0 Å². The number of benzene rings is 2. The fourth-order valence-electron chi connectivity index (χ4n) is 3.70. The molecule has 1 aromatic heterocycles. The number of rotatable bonds is 5. The van der Waals surface area contributed by atoms with E-state index in [1.807, 2.05) is 0 Å². The van der Waals surface area contributed by atoms with Crippen LogP contribution in [0.4, 0.5) is 0 Å². The predicted octanol–water partition coefficient (Wildman–Crippen LogP) is 0.0319. The summed E-state index contributed by atoms with van der Waals surface area (Å²) in [5.41, 5.74) is -1.24. The molecule has 36 heavy (non-hydrogen) atoms. The molecule has 0 spiro atoms. The van der Waals surface area contributed by atoms with Gasteiger partial charge in [-0.2, -0.15) is 0 Å². The van der Waals surface area contributed by atoms with Crippen LogP contribution in [0.3, 0.4) is 0 Å². The highest BCUT2D eigenvalue weighted by molar-refractivity contribution is 5.88. The second-order valence-electron chi connectivity index (χ2n) is 8.07. The normalized spacial score (nSPS) is 23.9. The number of aromatic hydroxyl groups is 4. The lowest BCUT2D eigenvalue weighted by atomic mass is 9.99. The average Bonchev–Trinajstić information content (AvgIpc) is 2.81. The number of hydrogen-bond donors (Lipinski definition) is 7. The molecule has 4 rings (SSSR count). The van der Waals surface area contributed by atoms with E-state index in [1.165, 1.54) is 6.07 Å². The van der Waals surface area contributed by atoms with Crippen LogP contribution < -0.4 is 10.2 Å². The van der Waals surface area contributed by atoms with E-state index in [4.69, 9.17) is 18.6 Å². The minimum Gasteiger partial charge on any atom is -0.508 e. The van der Waals surface area contributed by atoms with Gasteiger partial charge in [0.15, 0.2) is 17.3 Å². The lowest BCUT2D eigenvalue weighted by Gasteiger charge is -2.39. The first-order valence-corrected chi connectivity index (χ1v) is 10.5. The Morgan fingerprint density at radius 1 is 0.944 bits per heavy atom. The Hall–Kier alpha value is -4.04. The average molecular weight is 506 g/mol. The van der Waals surface area contributed by atoms with E-state index in [1.54, 1.807) is 0 Å². The maximum atomic E-state index is 13.4. The molecule has 0 radical (unpaired) electrons. The largest absolute Gasteiger partial charge is 0.508 e. The number of hydrogen-bond acceptors (Lipinski definition) is 13. The first-order chi connectivity index (χ1) is 17.0. The topological polar surface area (TPSA) is 217 Å². The summed E-state index contributed by atoms with van der Waals surface area (Å²) in [4.78, 5) is 24.5. The van der Waals surface area contributed by atoms with Crippen molar-refractivity contribution in [3.05, 3.63) is 40.6 Å². The van der Waals surface area contributed by atoms with E-state index < -0.39 is 82.8 Å². The molecule has 0 bridgehead atoms. The van der Waals surface area contributed by atoms with Crippen molar-refractivity contribution in [2.45, 2.75) is 37.6 Å². The summed E-state index contributed by atoms with van der Waals surface area (Å²) in [6.45, 7) is 0.601. The van der Waals surface area contributed by atoms with Crippen LogP contribution in [-0.2, 0) is 14.3 Å². The number of carbonyl (C=O) groups excluding carboxylic acids is 1. The van der Waals surface area contributed by atoms with Crippen LogP contribution in [0.2, 0.25) is 0 Å². The molecule has 0 unspecified atom stereocenters. The molecule has 1 saturated heterocycles. The maximum absolute atomic E-state index is 13.4. The summed E-state index contributed by atoms with van der Waals surface area (Å²) in [7, 11) is 0. The minimum absolute atomic E-state index is 0.00415. The molecule has 5 atom stereocenters. The monoisotopic (exact) mass is 506 g/mol. The highest BCUT2D eigenvalue weighted by atomic mass is 16.7. The van der Waals surface area contributed by atoms with Crippen LogP contribution in [-0.4, -0.2) is 79.0 Å². The molecule has 2 heterocycles. The van der Waals surface area contributed by atoms with Crippen molar-refractivity contribution in [3.8, 4) is 40.1 Å². The number of aliphatic hydroxyl groups excluding tert-OH is 3. The van der Waals surface area contributed by atoms with Gasteiger partial charge in [-0.25, -0.2) is 0 Å². The zero-order valence-electron chi connectivity index (χ0n) is 18.6. The number of fused-ring (bicyclic) bond motifs is 1. The van der Waals surface area contributed by atoms with E-state index in [-0.39, 0.29) is 16.9 Å². The Morgan fingerprint density at radius 3 is 2.33 bits per heavy atom. The van der Waals surface area contributed by atoms with Gasteiger partial charge in [0.25, 0.3) is 0 Å². The van der Waals surface area contributed by atoms with Crippen molar-refractivity contribution in [2.24, 2.45) is 0 Å². The lowest BCUT2D eigenvalue weighted by Crippen LogP contribution is -2.60. The fourth-order valence-corrected chi connectivity index (χ4v) is 3.70. The summed E-state index contributed by atoms with van der Waals surface area (Å²) < 4.78 is 21.5. The zero-order valence-corrected chi connectivity index (χ0v) is 18.6. The lowest BCUT2D eigenvalue weighted by molar-refractivity contribution is -0.278. The molecular formula is C23H22O13. The van der Waals surface area contributed by atoms with Crippen molar-refractivity contribution >= 4 is 16.9 Å². The molecule has 2 aromatic carbocycles. The quantitative estimate of drug-likeness (QED) is 0.180. The van der Waals surface area contributed by atoms with Gasteiger partial charge in [0.05, 0.1) is 0 Å². The highest BCUT2D eigenvalue weighted by Gasteiger charge is 2.46. The van der Waals surface area contributed by atoms with Crippen LogP contribution in [0, 0.1) is 0 Å². The summed E-state index contributed by atoms with van der Waals surface area (Å²) in [6.07, 6.45) is -8.54. The van der Waals surface area contributed by atoms with Gasteiger partial charge in [-0.15, -0.1) is 0 Å². The van der Waals surface area contributed by atoms with Crippen molar-refractivity contribution in [1.29, 1.82) is 0 Å². The van der Waals surface area contributed by atoms with Gasteiger partial charge in [-0.3, -0.25) is 9.59 Å². The molecule has 0 saturated carbocycles. The first-order valence-electron chi connectivity index (χ1n) is 10.5. The van der Waals surface area contributed by atoms with Crippen LogP contribution >= 0.6 is 0 Å². The predicted molar refractivity (Wildman–Crippen MR) is 119 cm³/mol. The number of phenolic OH excluding ortho intramolecular Hbond substituents is 4. The number of esters is 1. The van der Waals surface area contributed by atoms with Gasteiger partial charge in [-0.1, -0.05) is 0 Å². The first kappa shape index (κ1) is 25.1. The molecule has 7 N–H and O–H groups in total. The molecule has 1 aliphatic heterocycles. The Labute approximate surface area is 201 Å². The van der Waals surface area contributed by atoms with Crippen LogP contribution in [0.25, 0.3) is 22.3 Å². The van der Waals surface area contributed by atoms with Crippen LogP contribution in [0.1, 0.15) is 6.92 Å². The Balaban J connectivity index is 1.84. The van der Waals surface area contributed by atoms with E-state index in [0.29, 0.717) is 0 Å². The SMILES string of the molecule is CC(=O)OC[C@@H]1O[C@@H](Oc2c(-c3ccc(O)c(O)c3)oc3cc(O)cc(O)c3c2=O)[C@@H](O)[C@@H](O)[C@@H]1O. The molecule has 13 nitrogen and oxygen atoms in total. The van der Waals surface area contributed by atoms with Crippen LogP contribution in [0.5, 0.6) is 28.7 Å². The van der Waals surface area contributed by atoms with Crippen LogP contribution in [0.15, 0.2) is 39.5 Å². The number of ether oxygens (including phenoxy) is 3. The molecule has 3 aromatic rings. The Kier molecular flexibility index (Phi) is 6.65. The summed E-state index contributed by atoms with van der Waals surface area (Å²) in [6, 6.07) is 5.32. The van der Waals surface area contributed by atoms with Gasteiger partial charge in [0, 0.05) is 24.6 Å². The molecule has 1 aliphatic rings. The Morgan fingerprint density at radius 2 is 1.67 bits per heavy atom. The third kappa shape index (κ3) is 4.59. The molecule has 192 valence electrons. The molecule has 0 amide bonds. The standard InChI is InChI=1S/C23H22O13/c1-8(24)33-7-15-17(29)19(31)20(32)23(35-15)36-22-18(30)16-13(28)5-10(25)6-14(16)34-21(22)9-2-3-11(26)12(27)4-9/h2-6,15,17,19-20,23,25-29,31-32H,7H2,1H3/t15-,17+,19-,20-,23-/m0/s1. The van der Waals surface area contributed by atoms with Crippen molar-refractivity contribution in [1.82, 2.24) is 0 Å². The van der Waals surface area contributed by atoms with Crippen molar-refractivity contribution in [3.63, 3.8) is 0 Å². The number of aliphatic hydroxyl groups is 3. The molecule has 1 fully saturated rings. The van der Waals surface area contributed by atoms with Gasteiger partial charge in [0.1, 0.15) is 53.5 Å². The smallest absolute Gasteiger partial charge is 0.302 e.